The van der Waals surface area contributed by atoms with Crippen LogP contribution in [0, 0.1) is 0 Å². The largest absolute Gasteiger partial charge is 0.497 e. The average molecular weight is 429 g/mol. The Morgan fingerprint density at radius 3 is 2.46 bits per heavy atom. The molecule has 0 heterocycles. The van der Waals surface area contributed by atoms with Crippen LogP contribution in [0.4, 0.5) is 0 Å². The molecule has 0 spiro atoms. The van der Waals surface area contributed by atoms with E-state index in [-0.39, 0.29) is 28.6 Å². The number of carbonyl (C=O) groups is 1. The highest BCUT2D eigenvalue weighted by Gasteiger charge is 2.23. The van der Waals surface area contributed by atoms with E-state index < -0.39 is 22.0 Å². The van der Waals surface area contributed by atoms with Gasteiger partial charge in [-0.1, -0.05) is 11.6 Å². The Hall–Kier alpha value is -2.49. The fourth-order valence-corrected chi connectivity index (χ4v) is 3.95. The van der Waals surface area contributed by atoms with E-state index >= 15 is 0 Å². The molecule has 28 heavy (non-hydrogen) atoms. The fourth-order valence-electron chi connectivity index (χ4n) is 2.39. The molecule has 10 heteroatoms. The number of nitrogens with two attached hydrogens (primary N) is 1. The van der Waals surface area contributed by atoms with Crippen molar-refractivity contribution in [1.82, 2.24) is 4.72 Å². The molecule has 2 aromatic carbocycles. The second-order valence-corrected chi connectivity index (χ2v) is 7.97. The minimum absolute atomic E-state index is 0.0352. The summed E-state index contributed by atoms with van der Waals surface area (Å²) in [5.74, 6) is 0.126. The van der Waals surface area contributed by atoms with Crippen molar-refractivity contribution in [2.75, 3.05) is 20.8 Å². The molecule has 0 unspecified atom stereocenters. The first-order chi connectivity index (χ1) is 13.2. The number of amides is 1. The molecule has 2 rings (SSSR count). The van der Waals surface area contributed by atoms with Crippen LogP contribution in [0.25, 0.3) is 0 Å². The average Bonchev–Trinajstić information content (AvgIpc) is 2.65. The van der Waals surface area contributed by atoms with Gasteiger partial charge in [-0.2, -0.15) is 0 Å². The summed E-state index contributed by atoms with van der Waals surface area (Å²) in [6.07, 6.45) is 0. The van der Waals surface area contributed by atoms with Crippen LogP contribution < -0.4 is 24.7 Å². The van der Waals surface area contributed by atoms with Crippen molar-refractivity contribution >= 4 is 27.5 Å². The molecule has 0 saturated heterocycles. The maximum absolute atomic E-state index is 12.7. The summed E-state index contributed by atoms with van der Waals surface area (Å²) in [7, 11) is -1.05. The van der Waals surface area contributed by atoms with Gasteiger partial charge in [0.05, 0.1) is 25.8 Å². The molecule has 0 aliphatic carbocycles. The van der Waals surface area contributed by atoms with Gasteiger partial charge in [0.25, 0.3) is 5.91 Å². The van der Waals surface area contributed by atoms with E-state index in [1.165, 1.54) is 44.6 Å². The molecule has 0 bridgehead atoms. The summed E-state index contributed by atoms with van der Waals surface area (Å²) in [5, 5.41) is 0.335. The summed E-state index contributed by atoms with van der Waals surface area (Å²) < 4.78 is 43.6. The van der Waals surface area contributed by atoms with Gasteiger partial charge in [-0.15, -0.1) is 0 Å². The molecular weight excluding hydrogens is 408 g/mol. The number of hydrogen-bond donors (Lipinski definition) is 2. The summed E-state index contributed by atoms with van der Waals surface area (Å²) in [4.78, 5) is 11.5. The zero-order chi connectivity index (χ0) is 20.9. The number of ether oxygens (including phenoxy) is 3. The molecule has 1 amide bonds. The maximum atomic E-state index is 12.7. The third-order valence-corrected chi connectivity index (χ3v) is 5.58. The Bertz CT molecular complexity index is 965. The van der Waals surface area contributed by atoms with Gasteiger partial charge in [0.2, 0.25) is 10.0 Å². The molecule has 0 fully saturated rings. The Labute approximate surface area is 168 Å². The molecule has 8 nitrogen and oxygen atoms in total. The quantitative estimate of drug-likeness (QED) is 0.632. The normalized spacial score (nSPS) is 12.3. The molecule has 0 aromatic heterocycles. The predicted octanol–water partition coefficient (Wildman–Crippen LogP) is 2.20. The van der Waals surface area contributed by atoms with Crippen molar-refractivity contribution in [1.29, 1.82) is 0 Å². The molecule has 0 saturated carbocycles. The SMILES string of the molecule is COc1ccc(S(=O)(=O)N[C@@H](C)COc2ccc(Cl)cc2C(N)=O)c(OC)c1. The maximum Gasteiger partial charge on any atom is 0.252 e. The molecule has 0 aliphatic heterocycles. The van der Waals surface area contributed by atoms with Crippen molar-refractivity contribution in [3.05, 3.63) is 47.0 Å². The molecule has 2 aromatic rings. The van der Waals surface area contributed by atoms with E-state index in [0.717, 1.165) is 0 Å². The van der Waals surface area contributed by atoms with Crippen molar-refractivity contribution < 1.29 is 27.4 Å². The Morgan fingerprint density at radius 1 is 1.14 bits per heavy atom. The van der Waals surface area contributed by atoms with Gasteiger partial charge in [-0.25, -0.2) is 13.1 Å². The summed E-state index contributed by atoms with van der Waals surface area (Å²) in [5.41, 5.74) is 5.42. The molecule has 1 atom stereocenters. The van der Waals surface area contributed by atoms with E-state index in [9.17, 15) is 13.2 Å². The number of sulfonamides is 1. The van der Waals surface area contributed by atoms with Crippen molar-refractivity contribution in [2.45, 2.75) is 17.9 Å². The van der Waals surface area contributed by atoms with Crippen LogP contribution in [0.5, 0.6) is 17.2 Å². The Kier molecular flexibility index (Phi) is 7.11. The number of halogens is 1. The van der Waals surface area contributed by atoms with Gasteiger partial charge < -0.3 is 19.9 Å². The van der Waals surface area contributed by atoms with Crippen LogP contribution in [0.1, 0.15) is 17.3 Å². The number of rotatable bonds is 9. The number of hydrogen-bond acceptors (Lipinski definition) is 6. The summed E-state index contributed by atoms with van der Waals surface area (Å²) in [6.45, 7) is 1.58. The zero-order valence-electron chi connectivity index (χ0n) is 15.6. The monoisotopic (exact) mass is 428 g/mol. The van der Waals surface area contributed by atoms with E-state index in [0.29, 0.717) is 10.8 Å². The number of primary amides is 1. The lowest BCUT2D eigenvalue weighted by Crippen LogP contribution is -2.37. The van der Waals surface area contributed by atoms with Crippen molar-refractivity contribution in [3.63, 3.8) is 0 Å². The number of nitrogens with one attached hydrogen (secondary N) is 1. The van der Waals surface area contributed by atoms with Gasteiger partial charge in [-0.05, 0) is 37.3 Å². The number of carbonyl (C=O) groups excluding carboxylic acids is 1. The summed E-state index contributed by atoms with van der Waals surface area (Å²) in [6, 6.07) is 8.19. The minimum atomic E-state index is -3.89. The highest BCUT2D eigenvalue weighted by molar-refractivity contribution is 7.89. The van der Waals surface area contributed by atoms with Gasteiger partial charge in [-0.3, -0.25) is 4.79 Å². The second kappa shape index (κ2) is 9.13. The van der Waals surface area contributed by atoms with Crippen LogP contribution in [0.2, 0.25) is 5.02 Å². The highest BCUT2D eigenvalue weighted by atomic mass is 35.5. The molecule has 0 aliphatic rings. The lowest BCUT2D eigenvalue weighted by atomic mass is 10.2. The summed E-state index contributed by atoms with van der Waals surface area (Å²) >= 11 is 5.85. The Balaban J connectivity index is 2.13. The molecule has 3 N–H and O–H groups in total. The van der Waals surface area contributed by atoms with E-state index in [4.69, 9.17) is 31.5 Å². The van der Waals surface area contributed by atoms with Crippen molar-refractivity contribution in [3.8, 4) is 17.2 Å². The standard InChI is InChI=1S/C18H21ClN2O6S/c1-11(10-27-15-6-4-12(19)8-14(15)18(20)22)21-28(23,24)17-7-5-13(25-2)9-16(17)26-3/h4-9,11,21H,10H2,1-3H3,(H2,20,22)/t11-/m0/s1. The first-order valence-electron chi connectivity index (χ1n) is 8.14. The molecule has 0 radical (unpaired) electrons. The third kappa shape index (κ3) is 5.28. The minimum Gasteiger partial charge on any atom is -0.497 e. The van der Waals surface area contributed by atoms with Gasteiger partial charge in [0, 0.05) is 11.1 Å². The topological polar surface area (TPSA) is 117 Å². The van der Waals surface area contributed by atoms with Gasteiger partial charge >= 0.3 is 0 Å². The van der Waals surface area contributed by atoms with Crippen LogP contribution in [-0.2, 0) is 10.0 Å². The first-order valence-corrected chi connectivity index (χ1v) is 10.0. The van der Waals surface area contributed by atoms with Crippen molar-refractivity contribution in [2.24, 2.45) is 5.73 Å². The van der Waals surface area contributed by atoms with Crippen LogP contribution in [0.15, 0.2) is 41.3 Å². The third-order valence-electron chi connectivity index (χ3n) is 3.71. The lowest BCUT2D eigenvalue weighted by Gasteiger charge is -2.18. The second-order valence-electron chi connectivity index (χ2n) is 5.85. The van der Waals surface area contributed by atoms with E-state index in [2.05, 4.69) is 4.72 Å². The highest BCUT2D eigenvalue weighted by Crippen LogP contribution is 2.28. The van der Waals surface area contributed by atoms with E-state index in [1.807, 2.05) is 0 Å². The van der Waals surface area contributed by atoms with Crippen LogP contribution in [-0.4, -0.2) is 41.2 Å². The first kappa shape index (κ1) is 21.8. The smallest absolute Gasteiger partial charge is 0.252 e. The number of methoxy groups -OCH3 is 2. The van der Waals surface area contributed by atoms with Crippen LogP contribution >= 0.6 is 11.6 Å². The van der Waals surface area contributed by atoms with E-state index in [1.54, 1.807) is 13.0 Å². The van der Waals surface area contributed by atoms with Crippen LogP contribution in [0.3, 0.4) is 0 Å². The number of benzene rings is 2. The van der Waals surface area contributed by atoms with Gasteiger partial charge in [0.15, 0.2) is 0 Å². The molecule has 152 valence electrons. The lowest BCUT2D eigenvalue weighted by molar-refractivity contribution is 0.0996. The predicted molar refractivity (Wildman–Crippen MR) is 105 cm³/mol. The van der Waals surface area contributed by atoms with Gasteiger partial charge in [0.1, 0.15) is 28.8 Å². The molecular formula is C18H21ClN2O6S. The Morgan fingerprint density at radius 2 is 1.86 bits per heavy atom. The fraction of sp³-hybridized carbons (Fsp3) is 0.278. The zero-order valence-corrected chi connectivity index (χ0v) is 17.1.